The molecule has 0 saturated carbocycles. The molecule has 0 aliphatic carbocycles. The van der Waals surface area contributed by atoms with E-state index in [1.54, 1.807) is 42.6 Å². The van der Waals surface area contributed by atoms with E-state index in [1.165, 1.54) is 17.9 Å². The Kier molecular flexibility index (Phi) is 7.50. The summed E-state index contributed by atoms with van der Waals surface area (Å²) in [5.74, 6) is -0.674. The van der Waals surface area contributed by atoms with E-state index in [0.717, 1.165) is 12.1 Å². The van der Waals surface area contributed by atoms with Gasteiger partial charge in [-0.2, -0.15) is 0 Å². The summed E-state index contributed by atoms with van der Waals surface area (Å²) in [5, 5.41) is 2.61. The maximum absolute atomic E-state index is 14.9. The van der Waals surface area contributed by atoms with Crippen LogP contribution in [-0.4, -0.2) is 42.0 Å². The summed E-state index contributed by atoms with van der Waals surface area (Å²) in [7, 11) is 0. The van der Waals surface area contributed by atoms with Gasteiger partial charge in [-0.15, -0.1) is 0 Å². The van der Waals surface area contributed by atoms with Crippen LogP contribution in [0, 0.1) is 5.82 Å². The molecule has 1 aromatic heterocycles. The largest absolute Gasteiger partial charge is 0.442 e. The van der Waals surface area contributed by atoms with E-state index in [1.807, 2.05) is 18.2 Å². The van der Waals surface area contributed by atoms with Gasteiger partial charge in [-0.05, 0) is 48.7 Å². The second kappa shape index (κ2) is 10.9. The van der Waals surface area contributed by atoms with Crippen LogP contribution in [0.25, 0.3) is 11.1 Å². The lowest BCUT2D eigenvalue weighted by Crippen LogP contribution is -2.33. The van der Waals surface area contributed by atoms with Gasteiger partial charge in [0.1, 0.15) is 11.9 Å². The zero-order valence-corrected chi connectivity index (χ0v) is 19.4. The second-order valence-corrected chi connectivity index (χ2v) is 8.39. The SMILES string of the molecule is CC(=O)NC[C@H]1CN(c2ccc(-c3ccc(C(=O)CCCc4ccccn4)cc3)c(F)c2)C(=O)O1. The minimum Gasteiger partial charge on any atom is -0.442 e. The van der Waals surface area contributed by atoms with E-state index in [9.17, 15) is 18.8 Å². The predicted molar refractivity (Wildman–Crippen MR) is 130 cm³/mol. The Morgan fingerprint density at radius 2 is 1.94 bits per heavy atom. The average molecular weight is 476 g/mol. The van der Waals surface area contributed by atoms with Crippen LogP contribution in [-0.2, 0) is 16.0 Å². The fraction of sp³-hybridized carbons (Fsp3) is 0.259. The molecule has 2 aromatic carbocycles. The lowest BCUT2D eigenvalue weighted by Gasteiger charge is -2.14. The average Bonchev–Trinajstić information content (AvgIpc) is 3.24. The fourth-order valence-electron chi connectivity index (χ4n) is 3.96. The first-order valence-corrected chi connectivity index (χ1v) is 11.5. The van der Waals surface area contributed by atoms with Crippen molar-refractivity contribution in [2.24, 2.45) is 0 Å². The molecule has 1 aliphatic rings. The number of benzene rings is 2. The summed E-state index contributed by atoms with van der Waals surface area (Å²) in [6.45, 7) is 1.80. The van der Waals surface area contributed by atoms with Crippen LogP contribution in [0.1, 0.15) is 35.8 Å². The van der Waals surface area contributed by atoms with E-state index in [-0.39, 0.29) is 24.8 Å². The summed E-state index contributed by atoms with van der Waals surface area (Å²) in [6.07, 6.45) is 2.51. The number of ether oxygens (including phenoxy) is 1. The van der Waals surface area contributed by atoms with Crippen LogP contribution >= 0.6 is 0 Å². The summed E-state index contributed by atoms with van der Waals surface area (Å²) in [6, 6.07) is 17.1. The number of aromatic nitrogens is 1. The van der Waals surface area contributed by atoms with Gasteiger partial charge in [0.05, 0.1) is 18.8 Å². The van der Waals surface area contributed by atoms with Crippen molar-refractivity contribution in [3.05, 3.63) is 83.9 Å². The number of carbonyl (C=O) groups is 3. The molecule has 7 nitrogen and oxygen atoms in total. The number of Topliss-reactive ketones (excluding diaryl/α,β-unsaturated/α-hetero) is 1. The van der Waals surface area contributed by atoms with Gasteiger partial charge >= 0.3 is 6.09 Å². The van der Waals surface area contributed by atoms with Crippen molar-refractivity contribution in [1.82, 2.24) is 10.3 Å². The molecule has 2 heterocycles. The smallest absolute Gasteiger partial charge is 0.414 e. The molecule has 0 bridgehead atoms. The van der Waals surface area contributed by atoms with Crippen LogP contribution in [0.4, 0.5) is 14.9 Å². The predicted octanol–water partition coefficient (Wildman–Crippen LogP) is 4.55. The number of halogens is 1. The lowest BCUT2D eigenvalue weighted by atomic mass is 9.99. The fourth-order valence-corrected chi connectivity index (χ4v) is 3.96. The van der Waals surface area contributed by atoms with Gasteiger partial charge in [-0.25, -0.2) is 9.18 Å². The minimum absolute atomic E-state index is 0.0321. The zero-order valence-electron chi connectivity index (χ0n) is 19.4. The molecule has 2 amide bonds. The Hall–Kier alpha value is -4.07. The van der Waals surface area contributed by atoms with Crippen molar-refractivity contribution in [3.63, 3.8) is 0 Å². The number of hydrogen-bond donors (Lipinski definition) is 1. The molecule has 0 radical (unpaired) electrons. The first kappa shape index (κ1) is 24.1. The van der Waals surface area contributed by atoms with Crippen LogP contribution < -0.4 is 10.2 Å². The van der Waals surface area contributed by atoms with E-state index in [0.29, 0.717) is 35.2 Å². The number of nitrogens with zero attached hydrogens (tertiary/aromatic N) is 2. The topological polar surface area (TPSA) is 88.6 Å². The number of amides is 2. The number of rotatable bonds is 9. The molecule has 0 unspecified atom stereocenters. The summed E-state index contributed by atoms with van der Waals surface area (Å²) in [4.78, 5) is 41.4. The maximum Gasteiger partial charge on any atom is 0.414 e. The number of ketones is 1. The molecular weight excluding hydrogens is 449 g/mol. The van der Waals surface area contributed by atoms with Gasteiger partial charge in [0.2, 0.25) is 5.91 Å². The van der Waals surface area contributed by atoms with Crippen molar-refractivity contribution >= 4 is 23.5 Å². The Balaban J connectivity index is 1.37. The van der Waals surface area contributed by atoms with Gasteiger partial charge in [-0.3, -0.25) is 19.5 Å². The molecule has 0 spiro atoms. The third kappa shape index (κ3) is 6.09. The van der Waals surface area contributed by atoms with E-state index < -0.39 is 18.0 Å². The molecule has 4 rings (SSSR count). The third-order valence-corrected chi connectivity index (χ3v) is 5.80. The van der Waals surface area contributed by atoms with Crippen molar-refractivity contribution < 1.29 is 23.5 Å². The normalized spacial score (nSPS) is 15.1. The maximum atomic E-state index is 14.9. The van der Waals surface area contributed by atoms with Crippen LogP contribution in [0.2, 0.25) is 0 Å². The van der Waals surface area contributed by atoms with E-state index in [4.69, 9.17) is 4.74 Å². The summed E-state index contributed by atoms with van der Waals surface area (Å²) in [5.41, 5.74) is 2.91. The highest BCUT2D eigenvalue weighted by Gasteiger charge is 2.32. The van der Waals surface area contributed by atoms with Gasteiger partial charge in [0, 0.05) is 36.4 Å². The molecule has 1 N–H and O–H groups in total. The first-order chi connectivity index (χ1) is 16.9. The third-order valence-electron chi connectivity index (χ3n) is 5.80. The Labute approximate surface area is 202 Å². The van der Waals surface area contributed by atoms with Crippen LogP contribution in [0.3, 0.4) is 0 Å². The second-order valence-electron chi connectivity index (χ2n) is 8.39. The molecule has 1 aliphatic heterocycles. The van der Waals surface area contributed by atoms with Crippen molar-refractivity contribution in [2.45, 2.75) is 32.3 Å². The quantitative estimate of drug-likeness (QED) is 0.459. The Morgan fingerprint density at radius 3 is 2.63 bits per heavy atom. The molecule has 180 valence electrons. The number of pyridine rings is 1. The first-order valence-electron chi connectivity index (χ1n) is 11.5. The van der Waals surface area contributed by atoms with Gasteiger partial charge < -0.3 is 10.1 Å². The zero-order chi connectivity index (χ0) is 24.8. The minimum atomic E-state index is -0.585. The molecule has 8 heteroatoms. The number of anilines is 1. The molecule has 35 heavy (non-hydrogen) atoms. The molecule has 1 atom stereocenters. The monoisotopic (exact) mass is 475 g/mol. The molecule has 3 aromatic rings. The molecular formula is C27H26FN3O4. The van der Waals surface area contributed by atoms with Gasteiger partial charge in [0.25, 0.3) is 0 Å². The van der Waals surface area contributed by atoms with E-state index >= 15 is 0 Å². The van der Waals surface area contributed by atoms with Gasteiger partial charge in [-0.1, -0.05) is 30.3 Å². The highest BCUT2D eigenvalue weighted by Crippen LogP contribution is 2.29. The summed E-state index contributed by atoms with van der Waals surface area (Å²) < 4.78 is 20.2. The van der Waals surface area contributed by atoms with E-state index in [2.05, 4.69) is 10.3 Å². The number of hydrogen-bond acceptors (Lipinski definition) is 5. The Morgan fingerprint density at radius 1 is 1.14 bits per heavy atom. The van der Waals surface area contributed by atoms with Crippen molar-refractivity contribution in [1.29, 1.82) is 0 Å². The Bertz CT molecular complexity index is 1210. The van der Waals surface area contributed by atoms with Crippen molar-refractivity contribution in [2.75, 3.05) is 18.0 Å². The number of cyclic esters (lactones) is 1. The number of nitrogens with one attached hydrogen (secondary N) is 1. The van der Waals surface area contributed by atoms with Crippen molar-refractivity contribution in [3.8, 4) is 11.1 Å². The standard InChI is InChI=1S/C27H26FN3O4/c1-18(32)30-16-23-17-31(27(34)35-23)22-12-13-24(25(28)15-22)19-8-10-20(11-9-19)26(33)7-4-6-21-5-2-3-14-29-21/h2-3,5,8-15,23H,4,6-7,16-17H2,1H3,(H,30,32)/t23-/m0/s1. The number of aryl methyl sites for hydroxylation is 1. The molecule has 1 fully saturated rings. The lowest BCUT2D eigenvalue weighted by molar-refractivity contribution is -0.119. The highest BCUT2D eigenvalue weighted by molar-refractivity contribution is 5.96. The van der Waals surface area contributed by atoms with Crippen LogP contribution in [0.5, 0.6) is 0 Å². The van der Waals surface area contributed by atoms with Gasteiger partial charge in [0.15, 0.2) is 5.78 Å². The van der Waals surface area contributed by atoms with Crippen LogP contribution in [0.15, 0.2) is 66.9 Å². The number of carbonyl (C=O) groups excluding carboxylic acids is 3. The molecule has 1 saturated heterocycles. The highest BCUT2D eigenvalue weighted by atomic mass is 19.1. The summed E-state index contributed by atoms with van der Waals surface area (Å²) >= 11 is 0.